The number of carbonyl (C=O) groups is 1. The molecule has 0 unspecified atom stereocenters. The molecule has 0 aromatic heterocycles. The lowest BCUT2D eigenvalue weighted by atomic mass is 10.0. The molecule has 0 N–H and O–H groups in total. The van der Waals surface area contributed by atoms with Gasteiger partial charge < -0.3 is 9.47 Å². The number of nitriles is 1. The molecular weight excluding hydrogens is 312 g/mol. The highest BCUT2D eigenvalue weighted by Gasteiger charge is 2.18. The van der Waals surface area contributed by atoms with Gasteiger partial charge in [0.25, 0.3) is 0 Å². The Morgan fingerprint density at radius 1 is 1.56 bits per heavy atom. The molecule has 1 aromatic carbocycles. The summed E-state index contributed by atoms with van der Waals surface area (Å²) in [5, 5.41) is 9.11. The van der Waals surface area contributed by atoms with Crippen LogP contribution in [-0.4, -0.2) is 19.7 Å². The number of methoxy groups -OCH3 is 1. The van der Waals surface area contributed by atoms with Crippen molar-refractivity contribution in [2.24, 2.45) is 0 Å². The topological polar surface area (TPSA) is 59.3 Å². The molecule has 0 aliphatic carbocycles. The Balaban J connectivity index is 3.35. The highest BCUT2D eigenvalue weighted by molar-refractivity contribution is 9.08. The number of nitrogens with zero attached hydrogens (tertiary/aromatic N) is 1. The maximum absolute atomic E-state index is 12.2. The number of hydrogen-bond donors (Lipinski definition) is 0. The summed E-state index contributed by atoms with van der Waals surface area (Å²) in [6.07, 6.45) is 0. The van der Waals surface area contributed by atoms with Crippen molar-refractivity contribution in [3.63, 3.8) is 0 Å². The normalized spacial score (nSPS) is 10.0. The third kappa shape index (κ3) is 3.17. The summed E-state index contributed by atoms with van der Waals surface area (Å²) in [6, 6.07) is 4.11. The summed E-state index contributed by atoms with van der Waals surface area (Å²) in [6.45, 7) is -3.07. The van der Waals surface area contributed by atoms with Gasteiger partial charge in [-0.05, 0) is 17.7 Å². The van der Waals surface area contributed by atoms with Crippen LogP contribution in [0.15, 0.2) is 12.1 Å². The molecule has 18 heavy (non-hydrogen) atoms. The molecule has 0 atom stereocenters. The van der Waals surface area contributed by atoms with Crippen molar-refractivity contribution in [3.05, 3.63) is 28.8 Å². The Morgan fingerprint density at radius 3 is 2.67 bits per heavy atom. The van der Waals surface area contributed by atoms with Gasteiger partial charge in [0.05, 0.1) is 18.2 Å². The van der Waals surface area contributed by atoms with E-state index < -0.39 is 12.6 Å². The number of esters is 1. The van der Waals surface area contributed by atoms with E-state index in [0.29, 0.717) is 5.56 Å². The van der Waals surface area contributed by atoms with E-state index in [2.05, 4.69) is 25.4 Å². The predicted molar refractivity (Wildman–Crippen MR) is 61.8 cm³/mol. The predicted octanol–water partition coefficient (Wildman–Crippen LogP) is 2.84. The minimum atomic E-state index is -3.07. The van der Waals surface area contributed by atoms with Crippen LogP contribution in [0, 0.1) is 11.3 Å². The van der Waals surface area contributed by atoms with Crippen molar-refractivity contribution in [2.45, 2.75) is 11.9 Å². The smallest absolute Gasteiger partial charge is 0.387 e. The van der Waals surface area contributed by atoms with Crippen molar-refractivity contribution in [1.29, 1.82) is 5.26 Å². The van der Waals surface area contributed by atoms with Crippen molar-refractivity contribution >= 4 is 21.9 Å². The molecule has 0 radical (unpaired) electrons. The van der Waals surface area contributed by atoms with Crippen molar-refractivity contribution in [2.75, 3.05) is 7.11 Å². The molecule has 0 bridgehead atoms. The van der Waals surface area contributed by atoms with Crippen molar-refractivity contribution in [1.82, 2.24) is 0 Å². The fourth-order valence-electron chi connectivity index (χ4n) is 1.32. The van der Waals surface area contributed by atoms with Gasteiger partial charge in [-0.2, -0.15) is 14.0 Å². The van der Waals surface area contributed by atoms with Crippen LogP contribution in [0.2, 0.25) is 0 Å². The average molecular weight is 320 g/mol. The number of carbonyl (C=O) groups excluding carboxylic acids is 1. The summed E-state index contributed by atoms with van der Waals surface area (Å²) in [4.78, 5) is 11.5. The zero-order valence-electron chi connectivity index (χ0n) is 9.25. The second-order valence-corrected chi connectivity index (χ2v) is 3.68. The second-order valence-electron chi connectivity index (χ2n) is 3.12. The third-order valence-electron chi connectivity index (χ3n) is 2.09. The first-order valence-corrected chi connectivity index (χ1v) is 5.81. The first-order valence-electron chi connectivity index (χ1n) is 4.69. The van der Waals surface area contributed by atoms with Crippen LogP contribution < -0.4 is 4.74 Å². The Bertz CT molecular complexity index is 500. The molecule has 7 heteroatoms. The third-order valence-corrected chi connectivity index (χ3v) is 2.70. The first-order chi connectivity index (χ1) is 8.53. The molecule has 4 nitrogen and oxygen atoms in total. The minimum Gasteiger partial charge on any atom is -0.465 e. The summed E-state index contributed by atoms with van der Waals surface area (Å²) in [5.41, 5.74) is 0.460. The van der Waals surface area contributed by atoms with Gasteiger partial charge in [0.2, 0.25) is 0 Å². The Hall–Kier alpha value is -1.68. The molecule has 0 saturated carbocycles. The van der Waals surface area contributed by atoms with E-state index in [1.807, 2.05) is 0 Å². The molecule has 0 spiro atoms. The Labute approximate surface area is 110 Å². The van der Waals surface area contributed by atoms with Crippen LogP contribution in [0.1, 0.15) is 21.5 Å². The standard InChI is InChI=1S/C11H8BrF2NO3/c1-17-10(16)8-3-9(18-11(13)14)7(5-15)2-6(8)4-12/h2-3,11H,4H2,1H3. The molecule has 1 aromatic rings. The fraction of sp³-hybridized carbons (Fsp3) is 0.273. The summed E-state index contributed by atoms with van der Waals surface area (Å²) in [7, 11) is 1.17. The Kier molecular flexibility index (Phi) is 5.04. The molecule has 0 fully saturated rings. The maximum Gasteiger partial charge on any atom is 0.387 e. The maximum atomic E-state index is 12.2. The number of alkyl halides is 3. The summed E-state index contributed by atoms with van der Waals surface area (Å²) in [5.74, 6) is -1.04. The van der Waals surface area contributed by atoms with E-state index in [1.54, 1.807) is 6.07 Å². The largest absolute Gasteiger partial charge is 0.465 e. The quantitative estimate of drug-likeness (QED) is 0.632. The van der Waals surface area contributed by atoms with Gasteiger partial charge in [-0.1, -0.05) is 15.9 Å². The van der Waals surface area contributed by atoms with E-state index in [1.165, 1.54) is 13.2 Å². The molecule has 0 amide bonds. The molecule has 0 aliphatic heterocycles. The van der Waals surface area contributed by atoms with E-state index in [9.17, 15) is 13.6 Å². The molecular formula is C11H8BrF2NO3. The fourth-order valence-corrected chi connectivity index (χ4v) is 1.78. The minimum absolute atomic E-state index is 0.0718. The van der Waals surface area contributed by atoms with Crippen LogP contribution in [0.3, 0.4) is 0 Å². The van der Waals surface area contributed by atoms with Crippen LogP contribution in [0.5, 0.6) is 5.75 Å². The lowest BCUT2D eigenvalue weighted by Crippen LogP contribution is -2.09. The van der Waals surface area contributed by atoms with Gasteiger partial charge in [0.1, 0.15) is 11.8 Å². The number of ether oxygens (including phenoxy) is 2. The van der Waals surface area contributed by atoms with Gasteiger partial charge in [0.15, 0.2) is 0 Å². The number of hydrogen-bond acceptors (Lipinski definition) is 4. The summed E-state index contributed by atoms with van der Waals surface area (Å²) < 4.78 is 33.1. The van der Waals surface area contributed by atoms with Crippen molar-refractivity contribution in [3.8, 4) is 11.8 Å². The van der Waals surface area contributed by atoms with Gasteiger partial charge >= 0.3 is 12.6 Å². The number of halogens is 3. The zero-order chi connectivity index (χ0) is 13.7. The molecule has 0 heterocycles. The van der Waals surface area contributed by atoms with Gasteiger partial charge in [-0.25, -0.2) is 4.79 Å². The van der Waals surface area contributed by atoms with Crippen LogP contribution in [-0.2, 0) is 10.1 Å². The second kappa shape index (κ2) is 6.31. The molecule has 0 aliphatic rings. The van der Waals surface area contributed by atoms with Crippen LogP contribution in [0.25, 0.3) is 0 Å². The average Bonchev–Trinajstić information content (AvgIpc) is 2.36. The van der Waals surface area contributed by atoms with E-state index in [4.69, 9.17) is 5.26 Å². The highest BCUT2D eigenvalue weighted by Crippen LogP contribution is 2.26. The molecule has 1 rings (SSSR count). The van der Waals surface area contributed by atoms with Crippen LogP contribution in [0.4, 0.5) is 8.78 Å². The van der Waals surface area contributed by atoms with Crippen molar-refractivity contribution < 1.29 is 23.0 Å². The van der Waals surface area contributed by atoms with E-state index in [0.717, 1.165) is 6.07 Å². The zero-order valence-corrected chi connectivity index (χ0v) is 10.8. The van der Waals surface area contributed by atoms with Gasteiger partial charge in [-0.15, -0.1) is 0 Å². The van der Waals surface area contributed by atoms with Gasteiger partial charge in [-0.3, -0.25) is 0 Å². The summed E-state index contributed by atoms with van der Waals surface area (Å²) >= 11 is 3.14. The Morgan fingerprint density at radius 2 is 2.22 bits per heavy atom. The highest BCUT2D eigenvalue weighted by atomic mass is 79.9. The SMILES string of the molecule is COC(=O)c1cc(OC(F)F)c(C#N)cc1CBr. The van der Waals surface area contributed by atoms with E-state index in [-0.39, 0.29) is 22.2 Å². The number of rotatable bonds is 4. The van der Waals surface area contributed by atoms with E-state index >= 15 is 0 Å². The van der Waals surface area contributed by atoms with Crippen LogP contribution >= 0.6 is 15.9 Å². The molecule has 96 valence electrons. The monoisotopic (exact) mass is 319 g/mol. The lowest BCUT2D eigenvalue weighted by Gasteiger charge is -2.11. The number of benzene rings is 1. The first kappa shape index (κ1) is 14.4. The lowest BCUT2D eigenvalue weighted by molar-refractivity contribution is -0.0501. The molecule has 0 saturated heterocycles. The van der Waals surface area contributed by atoms with Gasteiger partial charge in [0, 0.05) is 5.33 Å².